The van der Waals surface area contributed by atoms with Gasteiger partial charge in [0.1, 0.15) is 0 Å². The Bertz CT molecular complexity index is 827. The van der Waals surface area contributed by atoms with E-state index in [1.807, 2.05) is 6.92 Å². The van der Waals surface area contributed by atoms with Gasteiger partial charge in [0.05, 0.1) is 16.5 Å². The van der Waals surface area contributed by atoms with Crippen molar-refractivity contribution in [2.24, 2.45) is 5.41 Å². The van der Waals surface area contributed by atoms with Crippen LogP contribution in [0.25, 0.3) is 10.9 Å². The number of nitrogens with zero attached hydrogens (tertiary/aromatic N) is 1. The van der Waals surface area contributed by atoms with Crippen LogP contribution in [0.15, 0.2) is 29.1 Å². The highest BCUT2D eigenvalue weighted by Gasteiger charge is 2.58. The zero-order valence-electron chi connectivity index (χ0n) is 13.8. The lowest BCUT2D eigenvalue weighted by Gasteiger charge is -2.59. The van der Waals surface area contributed by atoms with Crippen molar-refractivity contribution in [1.29, 1.82) is 0 Å². The quantitative estimate of drug-likeness (QED) is 0.905. The number of benzene rings is 1. The standard InChI is InChI=1S/C17H21N3O3/c1-16(2)12(9-17(16,3)23-4)19-15(22)13-18-11-8-6-5-7-10(11)14(21)20-13/h5-8,12H,9H2,1-4H3,(H,19,22)(H,18,20,21)/t12-,17-/m1/s1. The van der Waals surface area contributed by atoms with E-state index in [0.29, 0.717) is 10.9 Å². The summed E-state index contributed by atoms with van der Waals surface area (Å²) >= 11 is 0. The van der Waals surface area contributed by atoms with Crippen molar-refractivity contribution in [1.82, 2.24) is 15.3 Å². The predicted octanol–water partition coefficient (Wildman–Crippen LogP) is 1.86. The SMILES string of the molecule is CO[C@]1(C)C[C@@H](NC(=O)c2nc3ccccc3c(=O)[nH]2)C1(C)C. The van der Waals surface area contributed by atoms with Gasteiger partial charge < -0.3 is 15.0 Å². The highest BCUT2D eigenvalue weighted by molar-refractivity contribution is 5.92. The van der Waals surface area contributed by atoms with Gasteiger partial charge in [-0.3, -0.25) is 9.59 Å². The summed E-state index contributed by atoms with van der Waals surface area (Å²) in [4.78, 5) is 31.3. The molecule has 0 saturated heterocycles. The zero-order chi connectivity index (χ0) is 16.8. The van der Waals surface area contributed by atoms with Crippen molar-refractivity contribution in [3.8, 4) is 0 Å². The van der Waals surface area contributed by atoms with E-state index in [9.17, 15) is 9.59 Å². The number of rotatable bonds is 3. The Kier molecular flexibility index (Phi) is 3.52. The van der Waals surface area contributed by atoms with E-state index >= 15 is 0 Å². The van der Waals surface area contributed by atoms with Crippen LogP contribution in [-0.2, 0) is 4.74 Å². The third-order valence-corrected chi connectivity index (χ3v) is 5.41. The molecule has 2 aromatic rings. The molecule has 1 aromatic heterocycles. The molecule has 3 rings (SSSR count). The summed E-state index contributed by atoms with van der Waals surface area (Å²) in [5.74, 6) is -0.334. The summed E-state index contributed by atoms with van der Waals surface area (Å²) in [7, 11) is 1.68. The number of hydrogen-bond acceptors (Lipinski definition) is 4. The van der Waals surface area contributed by atoms with Crippen LogP contribution in [-0.4, -0.2) is 34.6 Å². The molecule has 6 heteroatoms. The third kappa shape index (κ3) is 2.34. The lowest BCUT2D eigenvalue weighted by Crippen LogP contribution is -2.68. The maximum atomic E-state index is 12.4. The van der Waals surface area contributed by atoms with Gasteiger partial charge in [-0.1, -0.05) is 26.0 Å². The van der Waals surface area contributed by atoms with Crippen LogP contribution in [0.5, 0.6) is 0 Å². The zero-order valence-corrected chi connectivity index (χ0v) is 13.8. The Morgan fingerprint density at radius 3 is 2.70 bits per heavy atom. The number of nitrogens with one attached hydrogen (secondary N) is 2. The predicted molar refractivity (Wildman–Crippen MR) is 87.4 cm³/mol. The molecule has 23 heavy (non-hydrogen) atoms. The molecule has 1 aromatic carbocycles. The van der Waals surface area contributed by atoms with Crippen LogP contribution >= 0.6 is 0 Å². The largest absolute Gasteiger partial charge is 0.378 e. The molecule has 2 N–H and O–H groups in total. The molecule has 1 saturated carbocycles. The highest BCUT2D eigenvalue weighted by atomic mass is 16.5. The van der Waals surface area contributed by atoms with E-state index in [2.05, 4.69) is 29.1 Å². The maximum absolute atomic E-state index is 12.4. The number of ether oxygens (including phenoxy) is 1. The number of methoxy groups -OCH3 is 1. The van der Waals surface area contributed by atoms with Gasteiger partial charge >= 0.3 is 0 Å². The second kappa shape index (κ2) is 5.16. The average molecular weight is 315 g/mol. The van der Waals surface area contributed by atoms with Crippen molar-refractivity contribution in [2.75, 3.05) is 7.11 Å². The van der Waals surface area contributed by atoms with Gasteiger partial charge in [0.25, 0.3) is 11.5 Å². The Balaban J connectivity index is 1.84. The maximum Gasteiger partial charge on any atom is 0.287 e. The lowest BCUT2D eigenvalue weighted by molar-refractivity contribution is -0.177. The van der Waals surface area contributed by atoms with E-state index in [1.54, 1.807) is 31.4 Å². The Hall–Kier alpha value is -2.21. The summed E-state index contributed by atoms with van der Waals surface area (Å²) in [6.45, 7) is 6.15. The van der Waals surface area contributed by atoms with Crippen molar-refractivity contribution in [2.45, 2.75) is 38.8 Å². The fourth-order valence-electron chi connectivity index (χ4n) is 3.14. The molecule has 1 heterocycles. The molecule has 1 aliphatic carbocycles. The summed E-state index contributed by atoms with van der Waals surface area (Å²) in [6.07, 6.45) is 0.722. The molecular formula is C17H21N3O3. The first-order valence-electron chi connectivity index (χ1n) is 7.63. The normalized spacial score (nSPS) is 25.8. The van der Waals surface area contributed by atoms with Crippen LogP contribution in [0.1, 0.15) is 37.8 Å². The second-order valence-electron chi connectivity index (χ2n) is 6.82. The Morgan fingerprint density at radius 1 is 1.35 bits per heavy atom. The molecule has 0 aliphatic heterocycles. The van der Waals surface area contributed by atoms with Crippen LogP contribution in [0.3, 0.4) is 0 Å². The minimum atomic E-state index is -0.371. The molecule has 1 aliphatic rings. The molecule has 122 valence electrons. The van der Waals surface area contributed by atoms with Gasteiger partial charge in [-0.15, -0.1) is 0 Å². The lowest BCUT2D eigenvalue weighted by atomic mass is 9.56. The monoisotopic (exact) mass is 315 g/mol. The van der Waals surface area contributed by atoms with Gasteiger partial charge in [-0.2, -0.15) is 0 Å². The first kappa shape index (κ1) is 15.7. The third-order valence-electron chi connectivity index (χ3n) is 5.41. The van der Waals surface area contributed by atoms with Gasteiger partial charge in [0.15, 0.2) is 5.82 Å². The fraction of sp³-hybridized carbons (Fsp3) is 0.471. The number of aromatic amines is 1. The van der Waals surface area contributed by atoms with Crippen LogP contribution < -0.4 is 10.9 Å². The van der Waals surface area contributed by atoms with Gasteiger partial charge in [-0.05, 0) is 25.5 Å². The van der Waals surface area contributed by atoms with Gasteiger partial charge in [0, 0.05) is 18.6 Å². The summed E-state index contributed by atoms with van der Waals surface area (Å²) in [6, 6.07) is 6.92. The topological polar surface area (TPSA) is 84.1 Å². The van der Waals surface area contributed by atoms with Crippen molar-refractivity contribution in [3.63, 3.8) is 0 Å². The number of hydrogen-bond donors (Lipinski definition) is 2. The second-order valence-corrected chi connectivity index (χ2v) is 6.82. The number of fused-ring (bicyclic) bond motifs is 1. The minimum absolute atomic E-state index is 0.0308. The Labute approximate surface area is 134 Å². The minimum Gasteiger partial charge on any atom is -0.378 e. The summed E-state index contributed by atoms with van der Waals surface area (Å²) in [5.41, 5.74) is -0.268. The smallest absolute Gasteiger partial charge is 0.287 e. The average Bonchev–Trinajstić information content (AvgIpc) is 2.54. The van der Waals surface area contributed by atoms with Crippen LogP contribution in [0.2, 0.25) is 0 Å². The number of aromatic nitrogens is 2. The van der Waals surface area contributed by atoms with E-state index in [1.165, 1.54) is 0 Å². The van der Waals surface area contributed by atoms with Crippen molar-refractivity contribution in [3.05, 3.63) is 40.4 Å². The molecule has 1 amide bonds. The highest BCUT2D eigenvalue weighted by Crippen LogP contribution is 2.51. The molecule has 0 bridgehead atoms. The van der Waals surface area contributed by atoms with E-state index < -0.39 is 0 Å². The van der Waals surface area contributed by atoms with Crippen molar-refractivity contribution >= 4 is 16.8 Å². The number of carbonyl (C=O) groups excluding carboxylic acids is 1. The Morgan fingerprint density at radius 2 is 2.04 bits per heavy atom. The van der Waals surface area contributed by atoms with Crippen molar-refractivity contribution < 1.29 is 9.53 Å². The fourth-order valence-corrected chi connectivity index (χ4v) is 3.14. The summed E-state index contributed by atoms with van der Waals surface area (Å²) < 4.78 is 5.56. The van der Waals surface area contributed by atoms with Crippen LogP contribution in [0, 0.1) is 5.41 Å². The first-order chi connectivity index (χ1) is 10.8. The molecule has 0 radical (unpaired) electrons. The number of carbonyl (C=O) groups is 1. The molecular weight excluding hydrogens is 294 g/mol. The van der Waals surface area contributed by atoms with E-state index in [0.717, 1.165) is 6.42 Å². The number of para-hydroxylation sites is 1. The number of H-pyrrole nitrogens is 1. The molecule has 0 spiro atoms. The first-order valence-corrected chi connectivity index (χ1v) is 7.63. The van der Waals surface area contributed by atoms with Gasteiger partial charge in [-0.25, -0.2) is 4.98 Å². The molecule has 6 nitrogen and oxygen atoms in total. The van der Waals surface area contributed by atoms with Gasteiger partial charge in [0.2, 0.25) is 0 Å². The molecule has 2 atom stereocenters. The summed E-state index contributed by atoms with van der Waals surface area (Å²) in [5, 5.41) is 3.42. The molecule has 1 fully saturated rings. The molecule has 0 unspecified atom stereocenters. The van der Waals surface area contributed by atoms with E-state index in [4.69, 9.17) is 4.74 Å². The number of amides is 1. The van der Waals surface area contributed by atoms with Crippen LogP contribution in [0.4, 0.5) is 0 Å². The van der Waals surface area contributed by atoms with E-state index in [-0.39, 0.29) is 34.3 Å².